The summed E-state index contributed by atoms with van der Waals surface area (Å²) < 4.78 is 47.2. The van der Waals surface area contributed by atoms with Crippen LogP contribution in [0.2, 0.25) is 0 Å². The van der Waals surface area contributed by atoms with Crippen LogP contribution in [0.25, 0.3) is 0 Å². The van der Waals surface area contributed by atoms with Crippen molar-refractivity contribution < 1.29 is 27.4 Å². The third-order valence-corrected chi connectivity index (χ3v) is 2.19. The molecule has 0 atom stereocenters. The summed E-state index contributed by atoms with van der Waals surface area (Å²) in [5, 5.41) is 0. The number of halogens is 3. The van der Waals surface area contributed by atoms with E-state index < -0.39 is 17.5 Å². The molecule has 1 aromatic rings. The standard InChI is InChI=1S/C11H11F3O3/c1-6(15)10-8(16-2)4-7(11(12,13)14)5-9(10)17-3/h4-5H,1-3H3. The minimum atomic E-state index is -4.52. The van der Waals surface area contributed by atoms with Gasteiger partial charge in [0.1, 0.15) is 17.1 Å². The van der Waals surface area contributed by atoms with Crippen LogP contribution in [-0.4, -0.2) is 20.0 Å². The van der Waals surface area contributed by atoms with Gasteiger partial charge in [-0.15, -0.1) is 0 Å². The minimum absolute atomic E-state index is 0.00278. The number of carbonyl (C=O) groups is 1. The Kier molecular flexibility index (Phi) is 3.65. The molecule has 0 aliphatic heterocycles. The number of alkyl halides is 3. The highest BCUT2D eigenvalue weighted by atomic mass is 19.4. The van der Waals surface area contributed by atoms with E-state index in [1.54, 1.807) is 0 Å². The first-order valence-electron chi connectivity index (χ1n) is 4.65. The van der Waals surface area contributed by atoms with Gasteiger partial charge in [-0.1, -0.05) is 0 Å². The molecule has 6 heteroatoms. The second kappa shape index (κ2) is 4.65. The molecule has 0 radical (unpaired) electrons. The highest BCUT2D eigenvalue weighted by Crippen LogP contribution is 2.38. The van der Waals surface area contributed by atoms with Crippen molar-refractivity contribution in [1.29, 1.82) is 0 Å². The minimum Gasteiger partial charge on any atom is -0.496 e. The molecule has 0 aliphatic rings. The van der Waals surface area contributed by atoms with E-state index in [-0.39, 0.29) is 17.1 Å². The van der Waals surface area contributed by atoms with Gasteiger partial charge in [-0.05, 0) is 19.1 Å². The molecule has 0 heterocycles. The fourth-order valence-electron chi connectivity index (χ4n) is 1.42. The Morgan fingerprint density at radius 3 is 1.76 bits per heavy atom. The van der Waals surface area contributed by atoms with Crippen molar-refractivity contribution in [3.05, 3.63) is 23.3 Å². The maximum absolute atomic E-state index is 12.6. The zero-order valence-corrected chi connectivity index (χ0v) is 9.51. The number of hydrogen-bond acceptors (Lipinski definition) is 3. The zero-order chi connectivity index (χ0) is 13.2. The van der Waals surface area contributed by atoms with Gasteiger partial charge in [0.25, 0.3) is 0 Å². The van der Waals surface area contributed by atoms with Crippen LogP contribution in [0.4, 0.5) is 13.2 Å². The van der Waals surface area contributed by atoms with Crippen molar-refractivity contribution in [2.75, 3.05) is 14.2 Å². The van der Waals surface area contributed by atoms with Gasteiger partial charge < -0.3 is 9.47 Å². The van der Waals surface area contributed by atoms with E-state index in [0.717, 1.165) is 12.1 Å². The number of Topliss-reactive ketones (excluding diaryl/α,β-unsaturated/α-hetero) is 1. The van der Waals surface area contributed by atoms with Gasteiger partial charge in [-0.2, -0.15) is 13.2 Å². The molecule has 0 N–H and O–H groups in total. The molecule has 0 bridgehead atoms. The molecule has 0 fully saturated rings. The van der Waals surface area contributed by atoms with Crippen molar-refractivity contribution >= 4 is 5.78 Å². The number of methoxy groups -OCH3 is 2. The molecule has 17 heavy (non-hydrogen) atoms. The Morgan fingerprint density at radius 1 is 1.12 bits per heavy atom. The molecule has 0 aromatic heterocycles. The second-order valence-corrected chi connectivity index (χ2v) is 3.31. The Balaban J connectivity index is 3.50. The first kappa shape index (κ1) is 13.3. The van der Waals surface area contributed by atoms with Crippen LogP contribution in [0.3, 0.4) is 0 Å². The molecular weight excluding hydrogens is 237 g/mol. The molecule has 0 spiro atoms. The molecule has 94 valence electrons. The van der Waals surface area contributed by atoms with E-state index in [1.165, 1.54) is 21.1 Å². The van der Waals surface area contributed by atoms with Gasteiger partial charge in [0, 0.05) is 0 Å². The summed E-state index contributed by atoms with van der Waals surface area (Å²) in [6.07, 6.45) is -4.52. The maximum atomic E-state index is 12.6. The molecule has 3 nitrogen and oxygen atoms in total. The Hall–Kier alpha value is -1.72. The Labute approximate surface area is 96.1 Å². The monoisotopic (exact) mass is 248 g/mol. The van der Waals surface area contributed by atoms with Gasteiger partial charge in [-0.25, -0.2) is 0 Å². The van der Waals surface area contributed by atoms with Crippen molar-refractivity contribution in [2.45, 2.75) is 13.1 Å². The third-order valence-electron chi connectivity index (χ3n) is 2.19. The Morgan fingerprint density at radius 2 is 1.53 bits per heavy atom. The van der Waals surface area contributed by atoms with Crippen LogP contribution in [0, 0.1) is 0 Å². The summed E-state index contributed by atoms with van der Waals surface area (Å²) >= 11 is 0. The number of hydrogen-bond donors (Lipinski definition) is 0. The topological polar surface area (TPSA) is 35.5 Å². The van der Waals surface area contributed by atoms with Crippen molar-refractivity contribution in [1.82, 2.24) is 0 Å². The molecule has 0 saturated heterocycles. The molecule has 0 amide bonds. The van der Waals surface area contributed by atoms with Crippen molar-refractivity contribution in [2.24, 2.45) is 0 Å². The number of rotatable bonds is 3. The van der Waals surface area contributed by atoms with E-state index in [0.29, 0.717) is 0 Å². The van der Waals surface area contributed by atoms with Crippen LogP contribution in [0.5, 0.6) is 11.5 Å². The predicted molar refractivity (Wildman–Crippen MR) is 54.6 cm³/mol. The average Bonchev–Trinajstić information content (AvgIpc) is 2.25. The summed E-state index contributed by atoms with van der Waals surface area (Å²) in [4.78, 5) is 11.3. The van der Waals surface area contributed by atoms with Crippen LogP contribution >= 0.6 is 0 Å². The lowest BCUT2D eigenvalue weighted by molar-refractivity contribution is -0.137. The van der Waals surface area contributed by atoms with Gasteiger partial charge in [0.2, 0.25) is 0 Å². The molecular formula is C11H11F3O3. The third kappa shape index (κ3) is 2.69. The van der Waals surface area contributed by atoms with Crippen LogP contribution < -0.4 is 9.47 Å². The lowest BCUT2D eigenvalue weighted by atomic mass is 10.1. The normalized spacial score (nSPS) is 11.2. The molecule has 1 aromatic carbocycles. The van der Waals surface area contributed by atoms with E-state index in [1.807, 2.05) is 0 Å². The van der Waals surface area contributed by atoms with Crippen LogP contribution in [0.1, 0.15) is 22.8 Å². The molecule has 0 saturated carbocycles. The fourth-order valence-corrected chi connectivity index (χ4v) is 1.42. The molecule has 1 rings (SSSR count). The second-order valence-electron chi connectivity index (χ2n) is 3.31. The molecule has 0 aliphatic carbocycles. The Bertz CT molecular complexity index is 413. The van der Waals surface area contributed by atoms with E-state index in [2.05, 4.69) is 0 Å². The van der Waals surface area contributed by atoms with Crippen LogP contribution in [0.15, 0.2) is 12.1 Å². The maximum Gasteiger partial charge on any atom is 0.416 e. The highest BCUT2D eigenvalue weighted by molar-refractivity contribution is 5.99. The van der Waals surface area contributed by atoms with Crippen LogP contribution in [-0.2, 0) is 6.18 Å². The lowest BCUT2D eigenvalue weighted by Crippen LogP contribution is -2.09. The van der Waals surface area contributed by atoms with E-state index >= 15 is 0 Å². The van der Waals surface area contributed by atoms with Gasteiger partial charge in [0.15, 0.2) is 5.78 Å². The largest absolute Gasteiger partial charge is 0.496 e. The number of benzene rings is 1. The summed E-state index contributed by atoms with van der Waals surface area (Å²) in [5.74, 6) is -0.722. The first-order valence-corrected chi connectivity index (χ1v) is 4.65. The SMILES string of the molecule is COc1cc(C(F)(F)F)cc(OC)c1C(C)=O. The number of carbonyl (C=O) groups excluding carboxylic acids is 1. The number of ketones is 1. The summed E-state index contributed by atoms with van der Waals surface area (Å²) in [5.41, 5.74) is -0.917. The van der Waals surface area contributed by atoms with Gasteiger partial charge in [0.05, 0.1) is 19.8 Å². The van der Waals surface area contributed by atoms with Crippen molar-refractivity contribution in [3.8, 4) is 11.5 Å². The highest BCUT2D eigenvalue weighted by Gasteiger charge is 2.33. The summed E-state index contributed by atoms with van der Waals surface area (Å²) in [6, 6.07) is 1.55. The van der Waals surface area contributed by atoms with Crippen molar-refractivity contribution in [3.63, 3.8) is 0 Å². The lowest BCUT2D eigenvalue weighted by Gasteiger charge is -2.14. The summed E-state index contributed by atoms with van der Waals surface area (Å²) in [6.45, 7) is 1.23. The molecule has 0 unspecified atom stereocenters. The van der Waals surface area contributed by atoms with E-state index in [4.69, 9.17) is 9.47 Å². The fraction of sp³-hybridized carbons (Fsp3) is 0.364. The van der Waals surface area contributed by atoms with Gasteiger partial charge >= 0.3 is 6.18 Å². The predicted octanol–water partition coefficient (Wildman–Crippen LogP) is 2.93. The number of ether oxygens (including phenoxy) is 2. The average molecular weight is 248 g/mol. The summed E-state index contributed by atoms with van der Waals surface area (Å²) in [7, 11) is 2.39. The zero-order valence-electron chi connectivity index (χ0n) is 9.51. The smallest absolute Gasteiger partial charge is 0.416 e. The quantitative estimate of drug-likeness (QED) is 0.771. The van der Waals surface area contributed by atoms with Gasteiger partial charge in [-0.3, -0.25) is 4.79 Å². The first-order chi connectivity index (χ1) is 7.81. The van der Waals surface area contributed by atoms with E-state index in [9.17, 15) is 18.0 Å².